The Balaban J connectivity index is 1.59. The van der Waals surface area contributed by atoms with Crippen molar-refractivity contribution in [1.82, 2.24) is 5.32 Å². The number of aryl methyl sites for hydroxylation is 1. The Bertz CT molecular complexity index is 996. The lowest BCUT2D eigenvalue weighted by Gasteiger charge is -2.17. The van der Waals surface area contributed by atoms with Gasteiger partial charge in [0.1, 0.15) is 6.61 Å². The van der Waals surface area contributed by atoms with Crippen LogP contribution in [0.3, 0.4) is 0 Å². The summed E-state index contributed by atoms with van der Waals surface area (Å²) in [7, 11) is 1.60. The van der Waals surface area contributed by atoms with Gasteiger partial charge in [0.25, 0.3) is 0 Å². The molecular formula is C25H26Cl3NO2. The molecule has 3 aromatic carbocycles. The minimum atomic E-state index is 0.264. The van der Waals surface area contributed by atoms with Gasteiger partial charge >= 0.3 is 0 Å². The molecule has 0 aromatic heterocycles. The Morgan fingerprint density at radius 1 is 0.903 bits per heavy atom. The second-order valence-electron chi connectivity index (χ2n) is 7.44. The lowest BCUT2D eigenvalue weighted by molar-refractivity contribution is 0.284. The van der Waals surface area contributed by atoms with Crippen LogP contribution in [0.1, 0.15) is 30.0 Å². The molecule has 0 aliphatic heterocycles. The second-order valence-corrected chi connectivity index (χ2v) is 8.69. The van der Waals surface area contributed by atoms with Gasteiger partial charge in [0.2, 0.25) is 0 Å². The number of hydrogen-bond acceptors (Lipinski definition) is 3. The molecule has 0 spiro atoms. The van der Waals surface area contributed by atoms with Crippen LogP contribution < -0.4 is 14.8 Å². The summed E-state index contributed by atoms with van der Waals surface area (Å²) in [4.78, 5) is 0. The molecule has 3 aromatic rings. The van der Waals surface area contributed by atoms with E-state index in [1.807, 2.05) is 24.3 Å². The fourth-order valence-electron chi connectivity index (χ4n) is 3.23. The van der Waals surface area contributed by atoms with Gasteiger partial charge in [-0.05, 0) is 55.2 Å². The third-order valence-corrected chi connectivity index (χ3v) is 5.91. The highest BCUT2D eigenvalue weighted by molar-refractivity contribution is 6.35. The maximum Gasteiger partial charge on any atom is 0.180 e. The molecule has 164 valence electrons. The van der Waals surface area contributed by atoms with E-state index in [0.717, 1.165) is 24.0 Å². The molecule has 0 amide bonds. The lowest BCUT2D eigenvalue weighted by atomic mass is 10.1. The summed E-state index contributed by atoms with van der Waals surface area (Å²) in [5.74, 6) is 1.09. The molecule has 0 heterocycles. The zero-order chi connectivity index (χ0) is 22.2. The standard InChI is InChI=1S/C25H26Cl3NO2/c1-17(8-9-18-6-4-3-5-7-18)29-15-19-12-23(28)25(24(13-19)30-2)31-16-20-10-11-21(26)14-22(20)27/h3-7,10-14,17,29H,8-9,15-16H2,1-2H3/t17-/m0/s1. The highest BCUT2D eigenvalue weighted by Gasteiger charge is 2.14. The summed E-state index contributed by atoms with van der Waals surface area (Å²) in [6.07, 6.45) is 2.09. The van der Waals surface area contributed by atoms with Crippen molar-refractivity contribution >= 4 is 34.8 Å². The minimum Gasteiger partial charge on any atom is -0.493 e. The van der Waals surface area contributed by atoms with E-state index in [4.69, 9.17) is 44.3 Å². The molecule has 0 saturated heterocycles. The van der Waals surface area contributed by atoms with Crippen LogP contribution in [0, 0.1) is 0 Å². The van der Waals surface area contributed by atoms with Crippen molar-refractivity contribution < 1.29 is 9.47 Å². The van der Waals surface area contributed by atoms with Crippen molar-refractivity contribution in [3.63, 3.8) is 0 Å². The zero-order valence-electron chi connectivity index (χ0n) is 17.6. The normalized spacial score (nSPS) is 11.9. The van der Waals surface area contributed by atoms with Gasteiger partial charge in [0.05, 0.1) is 12.1 Å². The zero-order valence-corrected chi connectivity index (χ0v) is 19.9. The summed E-state index contributed by atoms with van der Waals surface area (Å²) in [6, 6.07) is 20.0. The van der Waals surface area contributed by atoms with Crippen molar-refractivity contribution in [3.8, 4) is 11.5 Å². The van der Waals surface area contributed by atoms with Crippen molar-refractivity contribution in [2.75, 3.05) is 7.11 Å². The Hall–Kier alpha value is -1.91. The van der Waals surface area contributed by atoms with Gasteiger partial charge in [0.15, 0.2) is 11.5 Å². The van der Waals surface area contributed by atoms with E-state index >= 15 is 0 Å². The second kappa shape index (κ2) is 11.6. The number of benzene rings is 3. The minimum absolute atomic E-state index is 0.264. The van der Waals surface area contributed by atoms with Gasteiger partial charge in [-0.15, -0.1) is 0 Å². The van der Waals surface area contributed by atoms with E-state index in [-0.39, 0.29) is 6.61 Å². The van der Waals surface area contributed by atoms with Crippen LogP contribution in [0.15, 0.2) is 60.7 Å². The number of ether oxygens (including phenoxy) is 2. The Labute approximate surface area is 199 Å². The Kier molecular flexibility index (Phi) is 8.91. The third-order valence-electron chi connectivity index (χ3n) is 5.04. The van der Waals surface area contributed by atoms with Crippen molar-refractivity contribution in [1.29, 1.82) is 0 Å². The largest absolute Gasteiger partial charge is 0.493 e. The molecule has 1 atom stereocenters. The fourth-order valence-corrected chi connectivity index (χ4v) is 3.98. The van der Waals surface area contributed by atoms with E-state index in [1.165, 1.54) is 5.56 Å². The van der Waals surface area contributed by atoms with E-state index in [9.17, 15) is 0 Å². The molecule has 0 fully saturated rings. The van der Waals surface area contributed by atoms with Gasteiger partial charge in [0, 0.05) is 28.2 Å². The van der Waals surface area contributed by atoms with Crippen LogP contribution in [0.25, 0.3) is 0 Å². The highest BCUT2D eigenvalue weighted by atomic mass is 35.5. The number of halogens is 3. The van der Waals surface area contributed by atoms with Crippen molar-refractivity contribution in [3.05, 3.63) is 92.4 Å². The van der Waals surface area contributed by atoms with E-state index in [2.05, 4.69) is 36.5 Å². The van der Waals surface area contributed by atoms with E-state index < -0.39 is 0 Å². The first-order chi connectivity index (χ1) is 15.0. The number of nitrogens with one attached hydrogen (secondary N) is 1. The maximum atomic E-state index is 6.51. The predicted octanol–water partition coefficient (Wildman–Crippen LogP) is 7.35. The molecule has 3 rings (SSSR count). The topological polar surface area (TPSA) is 30.5 Å². The maximum absolute atomic E-state index is 6.51. The molecular weight excluding hydrogens is 453 g/mol. The third kappa shape index (κ3) is 7.05. The van der Waals surface area contributed by atoms with Gasteiger partial charge in [-0.1, -0.05) is 71.2 Å². The average Bonchev–Trinajstić information content (AvgIpc) is 2.77. The van der Waals surface area contributed by atoms with Crippen LogP contribution in [-0.2, 0) is 19.6 Å². The molecule has 3 nitrogen and oxygen atoms in total. The molecule has 1 N–H and O–H groups in total. The van der Waals surface area contributed by atoms with Crippen LogP contribution in [0.4, 0.5) is 0 Å². The summed E-state index contributed by atoms with van der Waals surface area (Å²) in [6.45, 7) is 3.14. The van der Waals surface area contributed by atoms with E-state index in [1.54, 1.807) is 19.2 Å². The van der Waals surface area contributed by atoms with Gasteiger partial charge in [-0.25, -0.2) is 0 Å². The molecule has 31 heavy (non-hydrogen) atoms. The SMILES string of the molecule is COc1cc(CN[C@@H](C)CCc2ccccc2)cc(Cl)c1OCc1ccc(Cl)cc1Cl. The number of hydrogen-bond donors (Lipinski definition) is 1. The fraction of sp³-hybridized carbons (Fsp3) is 0.280. The number of rotatable bonds is 10. The first kappa shape index (κ1) is 23.7. The molecule has 0 aliphatic rings. The molecule has 0 bridgehead atoms. The summed E-state index contributed by atoms with van der Waals surface area (Å²) in [5.41, 5.74) is 3.20. The molecule has 6 heteroatoms. The van der Waals surface area contributed by atoms with Gasteiger partial charge in [-0.2, -0.15) is 0 Å². The average molecular weight is 479 g/mol. The van der Waals surface area contributed by atoms with Crippen LogP contribution in [0.2, 0.25) is 15.1 Å². The first-order valence-corrected chi connectivity index (χ1v) is 11.3. The van der Waals surface area contributed by atoms with Crippen LogP contribution >= 0.6 is 34.8 Å². The van der Waals surface area contributed by atoms with Gasteiger partial charge < -0.3 is 14.8 Å². The summed E-state index contributed by atoms with van der Waals surface area (Å²) < 4.78 is 11.5. The lowest BCUT2D eigenvalue weighted by Crippen LogP contribution is -2.26. The monoisotopic (exact) mass is 477 g/mol. The first-order valence-electron chi connectivity index (χ1n) is 10.2. The van der Waals surface area contributed by atoms with Crippen LogP contribution in [0.5, 0.6) is 11.5 Å². The van der Waals surface area contributed by atoms with Crippen molar-refractivity contribution in [2.24, 2.45) is 0 Å². The Morgan fingerprint density at radius 3 is 2.39 bits per heavy atom. The smallest absolute Gasteiger partial charge is 0.180 e. The van der Waals surface area contributed by atoms with Crippen LogP contribution in [-0.4, -0.2) is 13.2 Å². The highest BCUT2D eigenvalue weighted by Crippen LogP contribution is 2.37. The molecule has 0 aliphatic carbocycles. The van der Waals surface area contributed by atoms with Gasteiger partial charge in [-0.3, -0.25) is 0 Å². The quantitative estimate of drug-likeness (QED) is 0.330. The summed E-state index contributed by atoms with van der Waals surface area (Å²) in [5, 5.41) is 5.18. The molecule has 0 saturated carbocycles. The molecule has 0 unspecified atom stereocenters. The Morgan fingerprint density at radius 2 is 1.68 bits per heavy atom. The predicted molar refractivity (Wildman–Crippen MR) is 130 cm³/mol. The molecule has 0 radical (unpaired) electrons. The van der Waals surface area contributed by atoms with Crippen molar-refractivity contribution in [2.45, 2.75) is 39.0 Å². The van der Waals surface area contributed by atoms with E-state index in [0.29, 0.717) is 39.2 Å². The summed E-state index contributed by atoms with van der Waals surface area (Å²) >= 11 is 18.7. The number of methoxy groups -OCH3 is 1.